The van der Waals surface area contributed by atoms with Crippen LogP contribution in [0.4, 0.5) is 0 Å². The van der Waals surface area contributed by atoms with E-state index < -0.39 is 0 Å². The molecule has 1 N–H and O–H groups in total. The summed E-state index contributed by atoms with van der Waals surface area (Å²) in [4.78, 5) is 17.2. The lowest BCUT2D eigenvalue weighted by Crippen LogP contribution is -2.23. The molecule has 0 aliphatic rings. The van der Waals surface area contributed by atoms with E-state index in [1.165, 1.54) is 0 Å². The van der Waals surface area contributed by atoms with E-state index >= 15 is 0 Å². The van der Waals surface area contributed by atoms with Crippen molar-refractivity contribution in [3.05, 3.63) is 70.9 Å². The summed E-state index contributed by atoms with van der Waals surface area (Å²) in [5.74, 6) is 0.682. The number of aryl methyl sites for hydroxylation is 2. The minimum Gasteiger partial charge on any atom is -0.497 e. The van der Waals surface area contributed by atoms with Gasteiger partial charge >= 0.3 is 0 Å². The van der Waals surface area contributed by atoms with Crippen LogP contribution in [-0.4, -0.2) is 18.0 Å². The van der Waals surface area contributed by atoms with Crippen molar-refractivity contribution in [1.29, 1.82) is 0 Å². The number of carbonyl (C=O) groups is 1. The Labute approximate surface area is 141 Å². The van der Waals surface area contributed by atoms with Crippen molar-refractivity contribution in [1.82, 2.24) is 10.3 Å². The molecule has 3 aromatic rings. The first kappa shape index (κ1) is 16.0. The molecule has 4 nitrogen and oxygen atoms in total. The van der Waals surface area contributed by atoms with E-state index in [1.807, 2.05) is 62.4 Å². The Morgan fingerprint density at radius 2 is 1.96 bits per heavy atom. The van der Waals surface area contributed by atoms with E-state index in [2.05, 4.69) is 10.3 Å². The van der Waals surface area contributed by atoms with E-state index in [1.54, 1.807) is 7.11 Å². The van der Waals surface area contributed by atoms with Crippen LogP contribution < -0.4 is 10.1 Å². The molecule has 0 bridgehead atoms. The maximum Gasteiger partial charge on any atom is 0.252 e. The third-order valence-electron chi connectivity index (χ3n) is 3.92. The monoisotopic (exact) mass is 320 g/mol. The van der Waals surface area contributed by atoms with Crippen LogP contribution in [0.25, 0.3) is 10.9 Å². The summed E-state index contributed by atoms with van der Waals surface area (Å²) in [7, 11) is 1.63. The lowest BCUT2D eigenvalue weighted by Gasteiger charge is -2.10. The van der Waals surface area contributed by atoms with Crippen molar-refractivity contribution >= 4 is 16.8 Å². The molecule has 122 valence electrons. The van der Waals surface area contributed by atoms with Crippen molar-refractivity contribution in [2.75, 3.05) is 7.11 Å². The van der Waals surface area contributed by atoms with Gasteiger partial charge in [-0.25, -0.2) is 0 Å². The van der Waals surface area contributed by atoms with Gasteiger partial charge in [-0.1, -0.05) is 23.8 Å². The summed E-state index contributed by atoms with van der Waals surface area (Å²) in [5.41, 5.74) is 4.43. The maximum atomic E-state index is 12.7. The number of ether oxygens (including phenoxy) is 1. The number of benzene rings is 2. The number of fused-ring (bicyclic) bond motifs is 1. The highest BCUT2D eigenvalue weighted by Gasteiger charge is 2.12. The lowest BCUT2D eigenvalue weighted by atomic mass is 10.0. The SMILES string of the molecule is COc1cccc(CNC(=O)c2cc(C)nc3ccc(C)cc23)c1. The zero-order chi connectivity index (χ0) is 17.1. The van der Waals surface area contributed by atoms with E-state index in [0.717, 1.165) is 33.5 Å². The quantitative estimate of drug-likeness (QED) is 0.795. The Bertz CT molecular complexity index is 903. The first-order valence-electron chi connectivity index (χ1n) is 7.86. The Hall–Kier alpha value is -2.88. The third-order valence-corrected chi connectivity index (χ3v) is 3.92. The molecular formula is C20H20N2O2. The average molecular weight is 320 g/mol. The molecule has 2 aromatic carbocycles. The maximum absolute atomic E-state index is 12.7. The van der Waals surface area contributed by atoms with Crippen LogP contribution >= 0.6 is 0 Å². The zero-order valence-corrected chi connectivity index (χ0v) is 14.1. The molecule has 0 spiro atoms. The zero-order valence-electron chi connectivity index (χ0n) is 14.1. The van der Waals surface area contributed by atoms with Crippen LogP contribution in [0.15, 0.2) is 48.5 Å². The van der Waals surface area contributed by atoms with Gasteiger partial charge < -0.3 is 10.1 Å². The van der Waals surface area contributed by atoms with Gasteiger partial charge in [0.25, 0.3) is 5.91 Å². The summed E-state index contributed by atoms with van der Waals surface area (Å²) in [6, 6.07) is 15.5. The number of nitrogens with one attached hydrogen (secondary N) is 1. The molecule has 1 heterocycles. The smallest absolute Gasteiger partial charge is 0.252 e. The first-order valence-corrected chi connectivity index (χ1v) is 7.86. The average Bonchev–Trinajstić information content (AvgIpc) is 2.59. The number of carbonyl (C=O) groups excluding carboxylic acids is 1. The van der Waals surface area contributed by atoms with Crippen molar-refractivity contribution in [2.45, 2.75) is 20.4 Å². The van der Waals surface area contributed by atoms with Gasteiger partial charge in [0.05, 0.1) is 18.2 Å². The first-order chi connectivity index (χ1) is 11.6. The van der Waals surface area contributed by atoms with Crippen molar-refractivity contribution in [3.8, 4) is 5.75 Å². The number of hydrogen-bond acceptors (Lipinski definition) is 3. The van der Waals surface area contributed by atoms with E-state index in [9.17, 15) is 4.79 Å². The van der Waals surface area contributed by atoms with E-state index in [0.29, 0.717) is 12.1 Å². The standard InChI is InChI=1S/C20H20N2O2/c1-13-7-8-19-17(9-13)18(10-14(2)22-19)20(23)21-12-15-5-4-6-16(11-15)24-3/h4-11H,12H2,1-3H3,(H,21,23). The van der Waals surface area contributed by atoms with Gasteiger partial charge in [0.15, 0.2) is 0 Å². The molecule has 0 radical (unpaired) electrons. The molecule has 0 aliphatic carbocycles. The second-order valence-electron chi connectivity index (χ2n) is 5.87. The number of nitrogens with zero attached hydrogens (tertiary/aromatic N) is 1. The van der Waals surface area contributed by atoms with E-state index in [-0.39, 0.29) is 5.91 Å². The van der Waals surface area contributed by atoms with Crippen LogP contribution in [0.5, 0.6) is 5.75 Å². The van der Waals surface area contributed by atoms with E-state index in [4.69, 9.17) is 4.74 Å². The molecule has 0 atom stereocenters. The van der Waals surface area contributed by atoms with Crippen LogP contribution in [0, 0.1) is 13.8 Å². The molecule has 0 aliphatic heterocycles. The predicted molar refractivity (Wildman–Crippen MR) is 95.4 cm³/mol. The molecule has 0 fully saturated rings. The van der Waals surface area contributed by atoms with Crippen LogP contribution in [0.2, 0.25) is 0 Å². The minimum atomic E-state index is -0.0982. The molecule has 1 amide bonds. The molecule has 3 rings (SSSR count). The topological polar surface area (TPSA) is 51.2 Å². The highest BCUT2D eigenvalue weighted by atomic mass is 16.5. The van der Waals surface area contributed by atoms with Gasteiger partial charge in [-0.15, -0.1) is 0 Å². The Kier molecular flexibility index (Phi) is 4.47. The van der Waals surface area contributed by atoms with Crippen LogP contribution in [-0.2, 0) is 6.54 Å². The van der Waals surface area contributed by atoms with Gasteiger partial charge in [0, 0.05) is 17.6 Å². The molecule has 0 saturated heterocycles. The van der Waals surface area contributed by atoms with Gasteiger partial charge in [-0.2, -0.15) is 0 Å². The van der Waals surface area contributed by atoms with Crippen LogP contribution in [0.3, 0.4) is 0 Å². The van der Waals surface area contributed by atoms with Gasteiger partial charge in [-0.3, -0.25) is 9.78 Å². The van der Waals surface area contributed by atoms with Crippen molar-refractivity contribution < 1.29 is 9.53 Å². The number of pyridine rings is 1. The number of rotatable bonds is 4. The Morgan fingerprint density at radius 1 is 1.12 bits per heavy atom. The van der Waals surface area contributed by atoms with Crippen molar-refractivity contribution in [3.63, 3.8) is 0 Å². The Morgan fingerprint density at radius 3 is 2.75 bits per heavy atom. The highest BCUT2D eigenvalue weighted by molar-refractivity contribution is 6.06. The lowest BCUT2D eigenvalue weighted by molar-refractivity contribution is 0.0952. The molecular weight excluding hydrogens is 300 g/mol. The number of methoxy groups -OCH3 is 1. The fourth-order valence-corrected chi connectivity index (χ4v) is 2.72. The van der Waals surface area contributed by atoms with Crippen LogP contribution in [0.1, 0.15) is 27.2 Å². The minimum absolute atomic E-state index is 0.0982. The number of amides is 1. The third kappa shape index (κ3) is 3.38. The summed E-state index contributed by atoms with van der Waals surface area (Å²) in [6.07, 6.45) is 0. The molecule has 4 heteroatoms. The summed E-state index contributed by atoms with van der Waals surface area (Å²) < 4.78 is 5.21. The summed E-state index contributed by atoms with van der Waals surface area (Å²) >= 11 is 0. The molecule has 1 aromatic heterocycles. The molecule has 24 heavy (non-hydrogen) atoms. The molecule has 0 saturated carbocycles. The van der Waals surface area contributed by atoms with Gasteiger partial charge in [0.1, 0.15) is 5.75 Å². The van der Waals surface area contributed by atoms with Crippen molar-refractivity contribution in [2.24, 2.45) is 0 Å². The molecule has 0 unspecified atom stereocenters. The number of hydrogen-bond donors (Lipinski definition) is 1. The van der Waals surface area contributed by atoms with Gasteiger partial charge in [-0.05, 0) is 49.7 Å². The fourth-order valence-electron chi connectivity index (χ4n) is 2.72. The summed E-state index contributed by atoms with van der Waals surface area (Å²) in [5, 5.41) is 3.86. The highest BCUT2D eigenvalue weighted by Crippen LogP contribution is 2.20. The van der Waals surface area contributed by atoms with Gasteiger partial charge in [0.2, 0.25) is 0 Å². The summed E-state index contributed by atoms with van der Waals surface area (Å²) in [6.45, 7) is 4.36. The second kappa shape index (κ2) is 6.71. The number of aromatic nitrogens is 1. The Balaban J connectivity index is 1.87. The fraction of sp³-hybridized carbons (Fsp3) is 0.200. The normalized spacial score (nSPS) is 10.6. The predicted octanol–water partition coefficient (Wildman–Crippen LogP) is 3.79. The second-order valence-corrected chi connectivity index (χ2v) is 5.87. The largest absolute Gasteiger partial charge is 0.497 e.